The van der Waals surface area contributed by atoms with Gasteiger partial charge in [0, 0.05) is 25.4 Å². The maximum atomic E-state index is 11.9. The molecule has 0 heterocycles. The molecule has 7 heteroatoms. The Morgan fingerprint density at radius 3 is 2.17 bits per heavy atom. The van der Waals surface area contributed by atoms with Gasteiger partial charge in [-0.1, -0.05) is 43.9 Å². The van der Waals surface area contributed by atoms with Crippen molar-refractivity contribution in [3.63, 3.8) is 0 Å². The number of carbonyl (C=O) groups excluding carboxylic acids is 2. The Balaban J connectivity index is 2.72. The van der Waals surface area contributed by atoms with Gasteiger partial charge in [0.2, 0.25) is 0 Å². The first-order valence-corrected chi connectivity index (χ1v) is 9.30. The van der Waals surface area contributed by atoms with E-state index in [1.165, 1.54) is 48.8 Å². The van der Waals surface area contributed by atoms with Crippen LogP contribution in [0.3, 0.4) is 0 Å². The second kappa shape index (κ2) is 10.5. The summed E-state index contributed by atoms with van der Waals surface area (Å²) in [4.78, 5) is 29.3. The molecular weight excluding hydrogens is 312 g/mol. The van der Waals surface area contributed by atoms with Crippen LogP contribution in [0.2, 0.25) is 0 Å². The second-order valence-corrected chi connectivity index (χ2v) is 7.72. The van der Waals surface area contributed by atoms with Crippen LogP contribution in [0.1, 0.15) is 58.8 Å². The maximum absolute atomic E-state index is 11.9. The van der Waals surface area contributed by atoms with Crippen molar-refractivity contribution < 1.29 is 9.59 Å². The highest BCUT2D eigenvalue weighted by Crippen LogP contribution is 2.27. The molecule has 23 heavy (non-hydrogen) atoms. The van der Waals surface area contributed by atoms with E-state index < -0.39 is 0 Å². The molecule has 1 fully saturated rings. The van der Waals surface area contributed by atoms with E-state index in [1.807, 2.05) is 13.8 Å². The number of nitrogens with zero attached hydrogens (tertiary/aromatic N) is 2. The predicted molar refractivity (Wildman–Crippen MR) is 97.0 cm³/mol. The third-order valence-electron chi connectivity index (χ3n) is 3.55. The van der Waals surface area contributed by atoms with E-state index >= 15 is 0 Å². The highest BCUT2D eigenvalue weighted by atomic mass is 32.2. The van der Waals surface area contributed by atoms with Crippen LogP contribution in [-0.4, -0.2) is 47.5 Å². The van der Waals surface area contributed by atoms with Gasteiger partial charge in [0.25, 0.3) is 0 Å². The van der Waals surface area contributed by atoms with Crippen molar-refractivity contribution in [3.8, 4) is 0 Å². The van der Waals surface area contributed by atoms with Crippen molar-refractivity contribution in [1.29, 1.82) is 0 Å². The number of urea groups is 2. The molecule has 2 N–H and O–H groups in total. The highest BCUT2D eigenvalue weighted by Gasteiger charge is 2.18. The molecule has 6 nitrogen and oxygen atoms in total. The van der Waals surface area contributed by atoms with Crippen LogP contribution in [-0.2, 0) is 0 Å². The van der Waals surface area contributed by atoms with Gasteiger partial charge < -0.3 is 10.2 Å². The lowest BCUT2D eigenvalue weighted by atomic mass is 10.0. The van der Waals surface area contributed by atoms with Crippen LogP contribution in [0, 0.1) is 0 Å². The summed E-state index contributed by atoms with van der Waals surface area (Å²) in [5.41, 5.74) is 0. The predicted octanol–water partition coefficient (Wildman–Crippen LogP) is 3.58. The number of rotatable bonds is 2. The number of amides is 4. The maximum Gasteiger partial charge on any atom is 0.345 e. The summed E-state index contributed by atoms with van der Waals surface area (Å²) in [6.07, 6.45) is 8.45. The lowest BCUT2D eigenvalue weighted by Gasteiger charge is -2.20. The Labute approximate surface area is 143 Å². The number of hydrogen-bond donors (Lipinski definition) is 2. The van der Waals surface area contributed by atoms with Gasteiger partial charge in [0.1, 0.15) is 0 Å². The van der Waals surface area contributed by atoms with Crippen LogP contribution in [0.15, 0.2) is 4.99 Å². The SMILES string of the molecule is CC(C)NC(=O)NC(=NC(=O)N(C)C)SC1CCCCCCC1. The topological polar surface area (TPSA) is 73.8 Å². The van der Waals surface area contributed by atoms with Crippen LogP contribution in [0.4, 0.5) is 9.59 Å². The Hall–Kier alpha value is -1.24. The quantitative estimate of drug-likeness (QED) is 0.595. The number of amidine groups is 1. The molecule has 0 radical (unpaired) electrons. The molecule has 1 saturated carbocycles. The first kappa shape index (κ1) is 19.8. The number of carbonyl (C=O) groups is 2. The molecule has 132 valence electrons. The average Bonchev–Trinajstić information content (AvgIpc) is 2.40. The molecule has 0 aromatic heterocycles. The molecule has 0 unspecified atom stereocenters. The highest BCUT2D eigenvalue weighted by molar-refractivity contribution is 8.14. The van der Waals surface area contributed by atoms with Crippen LogP contribution >= 0.6 is 11.8 Å². The molecule has 1 rings (SSSR count). The van der Waals surface area contributed by atoms with Gasteiger partial charge in [0.05, 0.1) is 0 Å². The fourth-order valence-corrected chi connectivity index (χ4v) is 3.53. The monoisotopic (exact) mass is 342 g/mol. The van der Waals surface area contributed by atoms with Gasteiger partial charge in [-0.3, -0.25) is 5.32 Å². The standard InChI is InChI=1S/C16H30N4O2S/c1-12(2)17-14(21)18-15(19-16(22)20(3)4)23-13-10-8-6-5-7-9-11-13/h12-13H,5-11H2,1-4H3,(H2,17,18,19,21,22). The van der Waals surface area contributed by atoms with Crippen LogP contribution in [0.25, 0.3) is 0 Å². The fraction of sp³-hybridized carbons (Fsp3) is 0.812. The molecule has 1 aliphatic carbocycles. The smallest absolute Gasteiger partial charge is 0.336 e. The van der Waals surface area contributed by atoms with Crippen molar-refractivity contribution in [2.24, 2.45) is 4.99 Å². The van der Waals surface area contributed by atoms with E-state index in [9.17, 15) is 9.59 Å². The molecule has 0 bridgehead atoms. The summed E-state index contributed by atoms with van der Waals surface area (Å²) < 4.78 is 0. The van der Waals surface area contributed by atoms with Crippen LogP contribution < -0.4 is 10.6 Å². The zero-order chi connectivity index (χ0) is 17.2. The van der Waals surface area contributed by atoms with Gasteiger partial charge in [-0.25, -0.2) is 9.59 Å². The third kappa shape index (κ3) is 8.83. The van der Waals surface area contributed by atoms with E-state index in [4.69, 9.17) is 0 Å². The fourth-order valence-electron chi connectivity index (χ4n) is 2.36. The number of aliphatic imine (C=N–C) groups is 1. The molecule has 0 aromatic carbocycles. The van der Waals surface area contributed by atoms with Crippen molar-refractivity contribution >= 4 is 29.0 Å². The van der Waals surface area contributed by atoms with Crippen molar-refractivity contribution in [1.82, 2.24) is 15.5 Å². The van der Waals surface area contributed by atoms with Gasteiger partial charge in [0.15, 0.2) is 5.17 Å². The minimum Gasteiger partial charge on any atom is -0.336 e. The van der Waals surface area contributed by atoms with Crippen molar-refractivity contribution in [2.75, 3.05) is 14.1 Å². The molecule has 0 saturated heterocycles. The Morgan fingerprint density at radius 2 is 1.65 bits per heavy atom. The van der Waals surface area contributed by atoms with E-state index in [2.05, 4.69) is 15.6 Å². The van der Waals surface area contributed by atoms with Crippen molar-refractivity contribution in [3.05, 3.63) is 0 Å². The molecule has 0 spiro atoms. The third-order valence-corrected chi connectivity index (χ3v) is 4.77. The molecule has 0 aromatic rings. The van der Waals surface area contributed by atoms with E-state index in [0.29, 0.717) is 10.4 Å². The van der Waals surface area contributed by atoms with Crippen molar-refractivity contribution in [2.45, 2.75) is 70.1 Å². The minimum absolute atomic E-state index is 0.0344. The molecule has 0 aliphatic heterocycles. The second-order valence-electron chi connectivity index (χ2n) is 6.43. The van der Waals surface area contributed by atoms with E-state index in [-0.39, 0.29) is 18.1 Å². The molecule has 1 aliphatic rings. The Bertz CT molecular complexity index is 416. The number of thioether (sulfide) groups is 1. The lowest BCUT2D eigenvalue weighted by Crippen LogP contribution is -2.42. The Morgan fingerprint density at radius 1 is 1.09 bits per heavy atom. The summed E-state index contributed by atoms with van der Waals surface area (Å²) in [5, 5.41) is 6.30. The van der Waals surface area contributed by atoms with Crippen LogP contribution in [0.5, 0.6) is 0 Å². The zero-order valence-corrected chi connectivity index (χ0v) is 15.5. The largest absolute Gasteiger partial charge is 0.345 e. The number of hydrogen-bond acceptors (Lipinski definition) is 3. The molecular formula is C16H30N4O2S. The first-order valence-electron chi connectivity index (χ1n) is 8.42. The van der Waals surface area contributed by atoms with Gasteiger partial charge in [-0.15, -0.1) is 0 Å². The average molecular weight is 343 g/mol. The molecule has 4 amide bonds. The van der Waals surface area contributed by atoms with Gasteiger partial charge in [-0.2, -0.15) is 4.99 Å². The summed E-state index contributed by atoms with van der Waals surface area (Å²) in [6, 6.07) is -0.640. The normalized spacial score (nSPS) is 17.3. The van der Waals surface area contributed by atoms with Gasteiger partial charge in [-0.05, 0) is 26.7 Å². The minimum atomic E-state index is -0.358. The van der Waals surface area contributed by atoms with E-state index in [0.717, 1.165) is 12.8 Å². The number of nitrogens with one attached hydrogen (secondary N) is 2. The Kier molecular flexibility index (Phi) is 9.06. The van der Waals surface area contributed by atoms with Gasteiger partial charge >= 0.3 is 12.1 Å². The summed E-state index contributed by atoms with van der Waals surface area (Å²) >= 11 is 1.52. The first-order chi connectivity index (χ1) is 10.9. The summed E-state index contributed by atoms with van der Waals surface area (Å²) in [7, 11) is 3.30. The van der Waals surface area contributed by atoms with E-state index in [1.54, 1.807) is 14.1 Å². The zero-order valence-electron chi connectivity index (χ0n) is 14.7. The lowest BCUT2D eigenvalue weighted by molar-refractivity contribution is 0.227. The summed E-state index contributed by atoms with van der Waals surface area (Å²) in [5.74, 6) is 0. The molecule has 0 atom stereocenters. The summed E-state index contributed by atoms with van der Waals surface area (Å²) in [6.45, 7) is 3.78.